The number of hydrogen-bond donors (Lipinski definition) is 0. The van der Waals surface area contributed by atoms with Gasteiger partial charge in [0.05, 0.1) is 24.5 Å². The van der Waals surface area contributed by atoms with Crippen LogP contribution >= 0.6 is 0 Å². The van der Waals surface area contributed by atoms with Gasteiger partial charge in [-0.05, 0) is 32.9 Å². The molecule has 2 heterocycles. The highest BCUT2D eigenvalue weighted by Crippen LogP contribution is 2.21. The number of esters is 1. The van der Waals surface area contributed by atoms with Crippen molar-refractivity contribution < 1.29 is 14.3 Å². The van der Waals surface area contributed by atoms with Crippen LogP contribution in [-0.2, 0) is 4.74 Å². The molecule has 0 fully saturated rings. The second-order valence-electron chi connectivity index (χ2n) is 4.39. The van der Waals surface area contributed by atoms with E-state index in [1.807, 2.05) is 19.9 Å². The van der Waals surface area contributed by atoms with Crippen molar-refractivity contribution in [3.8, 4) is 11.6 Å². The van der Waals surface area contributed by atoms with Gasteiger partial charge in [-0.3, -0.25) is 0 Å². The van der Waals surface area contributed by atoms with Gasteiger partial charge in [-0.25, -0.2) is 14.5 Å². The summed E-state index contributed by atoms with van der Waals surface area (Å²) in [6.45, 7) is 5.96. The minimum atomic E-state index is -0.402. The Morgan fingerprint density at radius 3 is 2.95 bits per heavy atom. The van der Waals surface area contributed by atoms with Gasteiger partial charge < -0.3 is 9.47 Å². The molecule has 0 saturated heterocycles. The highest BCUT2D eigenvalue weighted by molar-refractivity contribution is 5.88. The number of pyridine rings is 1. The van der Waals surface area contributed by atoms with Crippen LogP contribution in [0.5, 0.6) is 5.75 Å². The van der Waals surface area contributed by atoms with E-state index in [1.54, 1.807) is 25.4 Å². The van der Waals surface area contributed by atoms with Crippen LogP contribution in [0.15, 0.2) is 30.7 Å². The van der Waals surface area contributed by atoms with Crippen molar-refractivity contribution in [1.29, 1.82) is 0 Å². The number of ether oxygens (including phenoxy) is 2. The molecule has 0 bridgehead atoms. The molecule has 0 N–H and O–H groups in total. The average molecular weight is 275 g/mol. The summed E-state index contributed by atoms with van der Waals surface area (Å²) in [6.07, 6.45) is 4.70. The Hall–Kier alpha value is -2.37. The van der Waals surface area contributed by atoms with Crippen molar-refractivity contribution in [3.05, 3.63) is 36.3 Å². The van der Waals surface area contributed by atoms with E-state index < -0.39 is 5.97 Å². The van der Waals surface area contributed by atoms with Gasteiger partial charge in [0.1, 0.15) is 0 Å². The molecule has 0 radical (unpaired) electrons. The summed E-state index contributed by atoms with van der Waals surface area (Å²) in [5.74, 6) is 0.749. The standard InChI is InChI=1S/C14H17N3O3/c1-4-19-14(18)11-8-16-17(9-11)13-12(20-10(2)3)6-5-7-15-13/h5-10H,4H2,1-3H3. The third-order valence-electron chi connectivity index (χ3n) is 2.42. The third kappa shape index (κ3) is 3.14. The fourth-order valence-electron chi connectivity index (χ4n) is 1.66. The molecule has 2 aromatic heterocycles. The average Bonchev–Trinajstić information content (AvgIpc) is 2.88. The molecule has 0 aliphatic carbocycles. The molecule has 0 aliphatic heterocycles. The molecule has 0 aliphatic rings. The molecule has 0 saturated carbocycles. The maximum Gasteiger partial charge on any atom is 0.341 e. The van der Waals surface area contributed by atoms with E-state index in [4.69, 9.17) is 9.47 Å². The lowest BCUT2D eigenvalue weighted by molar-refractivity contribution is 0.0526. The number of rotatable bonds is 5. The third-order valence-corrected chi connectivity index (χ3v) is 2.42. The minimum absolute atomic E-state index is 0.0260. The summed E-state index contributed by atoms with van der Waals surface area (Å²) in [5.41, 5.74) is 0.382. The minimum Gasteiger partial charge on any atom is -0.487 e. The topological polar surface area (TPSA) is 66.2 Å². The molecule has 106 valence electrons. The van der Waals surface area contributed by atoms with E-state index in [-0.39, 0.29) is 6.10 Å². The Bertz CT molecular complexity index is 593. The first kappa shape index (κ1) is 14.0. The summed E-state index contributed by atoms with van der Waals surface area (Å²) in [5, 5.41) is 4.13. The highest BCUT2D eigenvalue weighted by atomic mass is 16.5. The number of carbonyl (C=O) groups excluding carboxylic acids is 1. The summed E-state index contributed by atoms with van der Waals surface area (Å²) in [6, 6.07) is 3.60. The first-order valence-corrected chi connectivity index (χ1v) is 6.45. The Morgan fingerprint density at radius 1 is 1.45 bits per heavy atom. The fraction of sp³-hybridized carbons (Fsp3) is 0.357. The summed E-state index contributed by atoms with van der Waals surface area (Å²) < 4.78 is 12.1. The van der Waals surface area contributed by atoms with Gasteiger partial charge >= 0.3 is 5.97 Å². The normalized spacial score (nSPS) is 10.6. The van der Waals surface area contributed by atoms with Gasteiger partial charge in [-0.15, -0.1) is 0 Å². The lowest BCUT2D eigenvalue weighted by atomic mass is 10.3. The maximum atomic E-state index is 11.6. The Kier molecular flexibility index (Phi) is 4.34. The molecule has 0 unspecified atom stereocenters. The van der Waals surface area contributed by atoms with Gasteiger partial charge in [0.2, 0.25) is 0 Å². The van der Waals surface area contributed by atoms with Crippen LogP contribution in [0.1, 0.15) is 31.1 Å². The molecular weight excluding hydrogens is 258 g/mol. The molecule has 0 amide bonds. The molecule has 6 nitrogen and oxygen atoms in total. The van der Waals surface area contributed by atoms with Crippen LogP contribution in [0.4, 0.5) is 0 Å². The predicted molar refractivity (Wildman–Crippen MR) is 73.1 cm³/mol. The molecule has 20 heavy (non-hydrogen) atoms. The zero-order valence-corrected chi connectivity index (χ0v) is 11.7. The second kappa shape index (κ2) is 6.18. The van der Waals surface area contributed by atoms with Crippen molar-refractivity contribution in [1.82, 2.24) is 14.8 Å². The monoisotopic (exact) mass is 275 g/mol. The van der Waals surface area contributed by atoms with E-state index in [9.17, 15) is 4.79 Å². The van der Waals surface area contributed by atoms with Crippen molar-refractivity contribution in [2.24, 2.45) is 0 Å². The maximum absolute atomic E-state index is 11.6. The van der Waals surface area contributed by atoms with Crippen molar-refractivity contribution in [2.45, 2.75) is 26.9 Å². The van der Waals surface area contributed by atoms with E-state index in [1.165, 1.54) is 10.9 Å². The summed E-state index contributed by atoms with van der Waals surface area (Å²) in [4.78, 5) is 15.9. The van der Waals surface area contributed by atoms with Crippen LogP contribution in [0, 0.1) is 0 Å². The van der Waals surface area contributed by atoms with Gasteiger partial charge in [-0.1, -0.05) is 0 Å². The van der Waals surface area contributed by atoms with Crippen molar-refractivity contribution in [2.75, 3.05) is 6.61 Å². The van der Waals surface area contributed by atoms with Crippen molar-refractivity contribution >= 4 is 5.97 Å². The second-order valence-corrected chi connectivity index (χ2v) is 4.39. The van der Waals surface area contributed by atoms with Crippen LogP contribution in [0.3, 0.4) is 0 Å². The van der Waals surface area contributed by atoms with Crippen LogP contribution in [0.25, 0.3) is 5.82 Å². The summed E-state index contributed by atoms with van der Waals surface area (Å²) in [7, 11) is 0. The molecule has 2 aromatic rings. The smallest absolute Gasteiger partial charge is 0.341 e. The largest absolute Gasteiger partial charge is 0.487 e. The van der Waals surface area contributed by atoms with E-state index in [0.717, 1.165) is 0 Å². The van der Waals surface area contributed by atoms with Gasteiger partial charge in [0.15, 0.2) is 11.6 Å². The quantitative estimate of drug-likeness (QED) is 0.783. The zero-order chi connectivity index (χ0) is 14.5. The van der Waals surface area contributed by atoms with Gasteiger partial charge in [0, 0.05) is 12.4 Å². The molecular formula is C14H17N3O3. The first-order valence-electron chi connectivity index (χ1n) is 6.45. The van der Waals surface area contributed by atoms with Crippen LogP contribution < -0.4 is 4.74 Å². The fourth-order valence-corrected chi connectivity index (χ4v) is 1.66. The van der Waals surface area contributed by atoms with Crippen LogP contribution in [0.2, 0.25) is 0 Å². The molecule has 0 spiro atoms. The molecule has 0 aromatic carbocycles. The number of hydrogen-bond acceptors (Lipinski definition) is 5. The SMILES string of the molecule is CCOC(=O)c1cnn(-c2ncccc2OC(C)C)c1. The number of aromatic nitrogens is 3. The highest BCUT2D eigenvalue weighted by Gasteiger charge is 2.14. The Balaban J connectivity index is 2.30. The zero-order valence-electron chi connectivity index (χ0n) is 11.7. The van der Waals surface area contributed by atoms with Gasteiger partial charge in [0.25, 0.3) is 0 Å². The van der Waals surface area contributed by atoms with E-state index >= 15 is 0 Å². The van der Waals surface area contributed by atoms with Crippen molar-refractivity contribution in [3.63, 3.8) is 0 Å². The Labute approximate surface area is 117 Å². The lowest BCUT2D eigenvalue weighted by Gasteiger charge is -2.12. The number of nitrogens with zero attached hydrogens (tertiary/aromatic N) is 3. The van der Waals surface area contributed by atoms with Gasteiger partial charge in [-0.2, -0.15) is 5.10 Å². The molecule has 0 atom stereocenters. The van der Waals surface area contributed by atoms with E-state index in [2.05, 4.69) is 10.1 Å². The van der Waals surface area contributed by atoms with Crippen LogP contribution in [-0.4, -0.2) is 33.4 Å². The van der Waals surface area contributed by atoms with E-state index in [0.29, 0.717) is 23.7 Å². The lowest BCUT2D eigenvalue weighted by Crippen LogP contribution is -2.10. The first-order chi connectivity index (χ1) is 9.61. The molecule has 6 heteroatoms. The summed E-state index contributed by atoms with van der Waals surface area (Å²) >= 11 is 0. The number of carbonyl (C=O) groups is 1. The predicted octanol–water partition coefficient (Wildman–Crippen LogP) is 2.23. The molecule has 2 rings (SSSR count). The Morgan fingerprint density at radius 2 is 2.25 bits per heavy atom.